The molecule has 0 bridgehead atoms. The van der Waals surface area contributed by atoms with Gasteiger partial charge < -0.3 is 4.74 Å². The van der Waals surface area contributed by atoms with Gasteiger partial charge in [-0.15, -0.1) is 0 Å². The first-order chi connectivity index (χ1) is 5.77. The Morgan fingerprint density at radius 2 is 1.83 bits per heavy atom. The zero-order valence-corrected chi connectivity index (χ0v) is 8.51. The lowest BCUT2D eigenvalue weighted by molar-refractivity contribution is 0.241. The Morgan fingerprint density at radius 3 is 2.42 bits per heavy atom. The van der Waals surface area contributed by atoms with Gasteiger partial charge in [-0.3, -0.25) is 0 Å². The van der Waals surface area contributed by atoms with Crippen LogP contribution in [-0.2, 0) is 4.74 Å². The van der Waals surface area contributed by atoms with E-state index < -0.39 is 0 Å². The third-order valence-corrected chi connectivity index (χ3v) is 1.91. The normalized spacial score (nSPS) is 10.2. The van der Waals surface area contributed by atoms with Crippen molar-refractivity contribution in [3.05, 3.63) is 12.8 Å². The van der Waals surface area contributed by atoms with E-state index in [9.17, 15) is 0 Å². The molecule has 1 heteroatoms. The second-order valence-electron chi connectivity index (χ2n) is 3.63. The molecule has 72 valence electrons. The molecule has 0 unspecified atom stereocenters. The van der Waals surface area contributed by atoms with Crippen molar-refractivity contribution in [3.8, 4) is 0 Å². The van der Waals surface area contributed by atoms with Crippen LogP contribution in [0.4, 0.5) is 0 Å². The summed E-state index contributed by atoms with van der Waals surface area (Å²) in [5.74, 6) is 0.856. The summed E-state index contributed by atoms with van der Waals surface area (Å²) >= 11 is 0. The minimum atomic E-state index is 0.838. The number of rotatable bonds is 8. The molecule has 0 radical (unpaired) electrons. The summed E-state index contributed by atoms with van der Waals surface area (Å²) in [6, 6.07) is 0. The second-order valence-corrected chi connectivity index (χ2v) is 3.63. The first-order valence-electron chi connectivity index (χ1n) is 5.00. The minimum Gasteiger partial charge on any atom is -0.502 e. The number of unbranched alkanes of at least 4 members (excludes halogenated alkanes) is 3. The Kier molecular flexibility index (Phi) is 8.30. The smallest absolute Gasteiger partial charge is 0.0873 e. The standard InChI is InChI=1S/C11H22O/c1-4-12-10-8-6-5-7-9-11(2)3/h4,11H,1,5-10H2,2-3H3. The highest BCUT2D eigenvalue weighted by Crippen LogP contribution is 2.09. The molecule has 1 nitrogen and oxygen atoms in total. The number of ether oxygens (including phenoxy) is 1. The maximum absolute atomic E-state index is 5.03. The summed E-state index contributed by atoms with van der Waals surface area (Å²) < 4.78 is 5.03. The van der Waals surface area contributed by atoms with Crippen molar-refractivity contribution in [1.82, 2.24) is 0 Å². The molecule has 0 aromatic heterocycles. The Morgan fingerprint density at radius 1 is 1.17 bits per heavy atom. The van der Waals surface area contributed by atoms with E-state index in [0.717, 1.165) is 12.5 Å². The molecule has 0 spiro atoms. The molecule has 0 amide bonds. The van der Waals surface area contributed by atoms with Gasteiger partial charge in [0.05, 0.1) is 12.9 Å². The molecule has 12 heavy (non-hydrogen) atoms. The fourth-order valence-corrected chi connectivity index (χ4v) is 1.17. The van der Waals surface area contributed by atoms with Gasteiger partial charge in [0.1, 0.15) is 0 Å². The monoisotopic (exact) mass is 170 g/mol. The van der Waals surface area contributed by atoms with E-state index in [2.05, 4.69) is 20.4 Å². The molecular formula is C11H22O. The summed E-state index contributed by atoms with van der Waals surface area (Å²) in [6.07, 6.45) is 8.06. The Balaban J connectivity index is 2.86. The van der Waals surface area contributed by atoms with E-state index >= 15 is 0 Å². The predicted octanol–water partition coefficient (Wildman–Crippen LogP) is 3.75. The van der Waals surface area contributed by atoms with Crippen LogP contribution in [0.1, 0.15) is 46.0 Å². The molecule has 0 heterocycles. The Labute approximate surface area is 76.8 Å². The maximum atomic E-state index is 5.03. The fourth-order valence-electron chi connectivity index (χ4n) is 1.17. The van der Waals surface area contributed by atoms with Crippen LogP contribution in [0.5, 0.6) is 0 Å². The van der Waals surface area contributed by atoms with Gasteiger partial charge in [-0.1, -0.05) is 46.1 Å². The van der Waals surface area contributed by atoms with Gasteiger partial charge in [-0.05, 0) is 12.3 Å². The fraction of sp³-hybridized carbons (Fsp3) is 0.818. The number of hydrogen-bond donors (Lipinski definition) is 0. The Hall–Kier alpha value is -0.460. The molecular weight excluding hydrogens is 148 g/mol. The topological polar surface area (TPSA) is 9.23 Å². The molecule has 0 aliphatic rings. The summed E-state index contributed by atoms with van der Waals surface area (Å²) in [7, 11) is 0. The van der Waals surface area contributed by atoms with Crippen LogP contribution >= 0.6 is 0 Å². The average Bonchev–Trinajstić information content (AvgIpc) is 2.02. The number of hydrogen-bond acceptors (Lipinski definition) is 1. The lowest BCUT2D eigenvalue weighted by Gasteiger charge is -2.03. The highest BCUT2D eigenvalue weighted by molar-refractivity contribution is 4.50. The van der Waals surface area contributed by atoms with E-state index in [1.807, 2.05) is 0 Å². The lowest BCUT2D eigenvalue weighted by atomic mass is 10.0. The van der Waals surface area contributed by atoms with Crippen LogP contribution in [0.15, 0.2) is 12.8 Å². The summed E-state index contributed by atoms with van der Waals surface area (Å²) in [5.41, 5.74) is 0. The van der Waals surface area contributed by atoms with Crippen LogP contribution in [0.2, 0.25) is 0 Å². The van der Waals surface area contributed by atoms with Gasteiger partial charge in [0.25, 0.3) is 0 Å². The largest absolute Gasteiger partial charge is 0.502 e. The van der Waals surface area contributed by atoms with Crippen molar-refractivity contribution in [3.63, 3.8) is 0 Å². The zero-order chi connectivity index (χ0) is 9.23. The van der Waals surface area contributed by atoms with E-state index in [1.165, 1.54) is 38.4 Å². The summed E-state index contributed by atoms with van der Waals surface area (Å²) in [4.78, 5) is 0. The van der Waals surface area contributed by atoms with Crippen LogP contribution in [0, 0.1) is 5.92 Å². The highest BCUT2D eigenvalue weighted by Gasteiger charge is 1.93. The molecule has 0 saturated heterocycles. The molecule has 0 atom stereocenters. The van der Waals surface area contributed by atoms with Crippen LogP contribution in [0.3, 0.4) is 0 Å². The third kappa shape index (κ3) is 9.54. The van der Waals surface area contributed by atoms with Crippen molar-refractivity contribution >= 4 is 0 Å². The summed E-state index contributed by atoms with van der Waals surface area (Å²) in [5, 5.41) is 0. The van der Waals surface area contributed by atoms with Crippen molar-refractivity contribution in [1.29, 1.82) is 0 Å². The van der Waals surface area contributed by atoms with Crippen molar-refractivity contribution in [2.75, 3.05) is 6.61 Å². The second kappa shape index (κ2) is 8.63. The maximum Gasteiger partial charge on any atom is 0.0873 e. The van der Waals surface area contributed by atoms with Crippen molar-refractivity contribution in [2.45, 2.75) is 46.0 Å². The van der Waals surface area contributed by atoms with Crippen LogP contribution in [-0.4, -0.2) is 6.61 Å². The lowest BCUT2D eigenvalue weighted by Crippen LogP contribution is -1.90. The first kappa shape index (κ1) is 11.5. The van der Waals surface area contributed by atoms with Crippen LogP contribution < -0.4 is 0 Å². The Bertz CT molecular complexity index is 97.2. The molecule has 0 rings (SSSR count). The summed E-state index contributed by atoms with van der Waals surface area (Å²) in [6.45, 7) is 8.89. The van der Waals surface area contributed by atoms with Crippen LogP contribution in [0.25, 0.3) is 0 Å². The molecule has 0 saturated carbocycles. The van der Waals surface area contributed by atoms with Gasteiger partial charge in [0.2, 0.25) is 0 Å². The molecule has 0 aliphatic heterocycles. The van der Waals surface area contributed by atoms with Gasteiger partial charge >= 0.3 is 0 Å². The van der Waals surface area contributed by atoms with Crippen molar-refractivity contribution in [2.24, 2.45) is 5.92 Å². The quantitative estimate of drug-likeness (QED) is 0.398. The van der Waals surface area contributed by atoms with Gasteiger partial charge in [0, 0.05) is 0 Å². The minimum absolute atomic E-state index is 0.838. The molecule has 0 N–H and O–H groups in total. The molecule has 0 fully saturated rings. The third-order valence-electron chi connectivity index (χ3n) is 1.91. The van der Waals surface area contributed by atoms with Gasteiger partial charge in [-0.2, -0.15) is 0 Å². The van der Waals surface area contributed by atoms with E-state index in [0.29, 0.717) is 0 Å². The van der Waals surface area contributed by atoms with Gasteiger partial charge in [-0.25, -0.2) is 0 Å². The molecule has 0 aromatic carbocycles. The van der Waals surface area contributed by atoms with E-state index in [4.69, 9.17) is 4.74 Å². The SMILES string of the molecule is C=COCCCCCCC(C)C. The van der Waals surface area contributed by atoms with E-state index in [-0.39, 0.29) is 0 Å². The zero-order valence-electron chi connectivity index (χ0n) is 8.51. The predicted molar refractivity (Wildman–Crippen MR) is 54.1 cm³/mol. The van der Waals surface area contributed by atoms with E-state index in [1.54, 1.807) is 0 Å². The average molecular weight is 170 g/mol. The van der Waals surface area contributed by atoms with Crippen molar-refractivity contribution < 1.29 is 4.74 Å². The first-order valence-corrected chi connectivity index (χ1v) is 5.00. The molecule has 0 aliphatic carbocycles. The molecule has 0 aromatic rings. The van der Waals surface area contributed by atoms with Gasteiger partial charge in [0.15, 0.2) is 0 Å². The highest BCUT2D eigenvalue weighted by atomic mass is 16.5.